The topological polar surface area (TPSA) is 113 Å². The summed E-state index contributed by atoms with van der Waals surface area (Å²) in [5.74, 6) is -1.06. The number of carboxylic acids is 1. The minimum absolute atomic E-state index is 0.0232. The van der Waals surface area contributed by atoms with Crippen molar-refractivity contribution in [2.75, 3.05) is 11.5 Å². The molecule has 0 saturated carbocycles. The van der Waals surface area contributed by atoms with Crippen molar-refractivity contribution in [3.63, 3.8) is 0 Å². The molecule has 31 heavy (non-hydrogen) atoms. The zero-order valence-corrected chi connectivity index (χ0v) is 18.1. The Morgan fingerprint density at radius 3 is 2.45 bits per heavy atom. The van der Waals surface area contributed by atoms with Crippen LogP contribution in [0.3, 0.4) is 0 Å². The molecule has 1 saturated heterocycles. The van der Waals surface area contributed by atoms with Crippen molar-refractivity contribution in [1.82, 2.24) is 10.2 Å². The smallest absolute Gasteiger partial charge is 0.352 e. The van der Waals surface area contributed by atoms with Crippen LogP contribution in [0.1, 0.15) is 11.6 Å². The molecule has 4 rings (SSSR count). The van der Waals surface area contributed by atoms with Gasteiger partial charge in [0.1, 0.15) is 23.2 Å². The number of nitrogens with one attached hydrogen (secondary N) is 1. The van der Waals surface area contributed by atoms with Crippen LogP contribution in [0.25, 0.3) is 0 Å². The van der Waals surface area contributed by atoms with E-state index >= 15 is 0 Å². The molecular weight excluding hydrogens is 434 g/mol. The van der Waals surface area contributed by atoms with Gasteiger partial charge in [-0.3, -0.25) is 14.5 Å². The van der Waals surface area contributed by atoms with Gasteiger partial charge >= 0.3 is 5.97 Å². The Morgan fingerprint density at radius 2 is 1.81 bits per heavy atom. The third-order valence-corrected chi connectivity index (χ3v) is 7.58. The van der Waals surface area contributed by atoms with Crippen LogP contribution in [-0.2, 0) is 14.4 Å². The van der Waals surface area contributed by atoms with Gasteiger partial charge in [0, 0.05) is 16.4 Å². The molecule has 0 spiro atoms. The molecule has 0 bridgehead atoms. The monoisotopic (exact) mass is 455 g/mol. The fourth-order valence-electron chi connectivity index (χ4n) is 3.54. The Labute approximate surface area is 188 Å². The summed E-state index contributed by atoms with van der Waals surface area (Å²) >= 11 is 2.98. The Balaban J connectivity index is 1.46. The van der Waals surface area contributed by atoms with Gasteiger partial charge in [0.25, 0.3) is 5.91 Å². The van der Waals surface area contributed by atoms with Crippen molar-refractivity contribution in [2.24, 2.45) is 5.73 Å². The lowest BCUT2D eigenvalue weighted by atomic mass is 10.0. The van der Waals surface area contributed by atoms with E-state index in [1.165, 1.54) is 28.4 Å². The van der Waals surface area contributed by atoms with Crippen molar-refractivity contribution < 1.29 is 19.5 Å². The van der Waals surface area contributed by atoms with Crippen LogP contribution >= 0.6 is 23.5 Å². The minimum Gasteiger partial charge on any atom is -0.477 e. The highest BCUT2D eigenvalue weighted by Crippen LogP contribution is 2.41. The second kappa shape index (κ2) is 9.17. The maximum atomic E-state index is 12.8. The number of hydrogen-bond acceptors (Lipinski definition) is 6. The molecule has 0 radical (unpaired) electrons. The molecule has 1 unspecified atom stereocenters. The predicted octanol–water partition coefficient (Wildman–Crippen LogP) is 2.22. The summed E-state index contributed by atoms with van der Waals surface area (Å²) in [5, 5.41) is 12.0. The number of rotatable bonds is 7. The van der Waals surface area contributed by atoms with Gasteiger partial charge in [-0.2, -0.15) is 0 Å². The van der Waals surface area contributed by atoms with Gasteiger partial charge in [0.05, 0.1) is 0 Å². The first-order chi connectivity index (χ1) is 15.0. The first-order valence-corrected chi connectivity index (χ1v) is 11.7. The summed E-state index contributed by atoms with van der Waals surface area (Å²) < 4.78 is 0. The number of amides is 2. The summed E-state index contributed by atoms with van der Waals surface area (Å²) in [7, 11) is 0. The van der Waals surface area contributed by atoms with E-state index in [1.54, 1.807) is 24.3 Å². The quantitative estimate of drug-likeness (QED) is 0.433. The molecule has 2 amide bonds. The van der Waals surface area contributed by atoms with Crippen molar-refractivity contribution in [2.45, 2.75) is 22.4 Å². The van der Waals surface area contributed by atoms with E-state index in [0.29, 0.717) is 22.6 Å². The van der Waals surface area contributed by atoms with Crippen LogP contribution in [0, 0.1) is 0 Å². The number of fused-ring (bicyclic) bond motifs is 1. The highest BCUT2D eigenvalue weighted by atomic mass is 32.2. The number of β-lactam (4-membered cyclic amide) rings is 1. The van der Waals surface area contributed by atoms with Gasteiger partial charge in [-0.25, -0.2) is 4.79 Å². The molecule has 2 aromatic carbocycles. The fourth-order valence-corrected chi connectivity index (χ4v) is 5.94. The summed E-state index contributed by atoms with van der Waals surface area (Å²) in [4.78, 5) is 39.6. The van der Waals surface area contributed by atoms with E-state index in [1.807, 2.05) is 36.4 Å². The van der Waals surface area contributed by atoms with E-state index in [-0.39, 0.29) is 5.70 Å². The van der Waals surface area contributed by atoms with Crippen molar-refractivity contribution >= 4 is 41.3 Å². The van der Waals surface area contributed by atoms with E-state index in [0.717, 1.165) is 4.90 Å². The lowest BCUT2D eigenvalue weighted by Crippen LogP contribution is -2.71. The minimum atomic E-state index is -1.13. The molecule has 9 heteroatoms. The standard InChI is InChI=1S/C22H21N3O4S2/c23-16(13-7-3-1-4-8-13)19(26)24-17-20(27)25-18(22(28)29)14(12-31-21(17)25)11-30-15-9-5-2-6-10-15/h1-10,16-17,21H,11-12,23H2,(H,24,26)(H,28,29)/t16-,17-,21?/m1/s1. The average molecular weight is 456 g/mol. The summed E-state index contributed by atoms with van der Waals surface area (Å²) in [6, 6.07) is 16.9. The first-order valence-electron chi connectivity index (χ1n) is 9.66. The molecular formula is C22H21N3O4S2. The molecule has 160 valence electrons. The molecule has 7 nitrogen and oxygen atoms in total. The van der Waals surface area contributed by atoms with Gasteiger partial charge < -0.3 is 16.2 Å². The number of thioether (sulfide) groups is 2. The molecule has 1 fully saturated rings. The van der Waals surface area contributed by atoms with Gasteiger partial charge in [-0.1, -0.05) is 48.5 Å². The van der Waals surface area contributed by atoms with Crippen LogP contribution in [-0.4, -0.2) is 50.7 Å². The average Bonchev–Trinajstić information content (AvgIpc) is 2.80. The molecule has 2 aromatic rings. The van der Waals surface area contributed by atoms with Gasteiger partial charge in [0.15, 0.2) is 0 Å². The second-order valence-electron chi connectivity index (χ2n) is 7.14. The van der Waals surface area contributed by atoms with Gasteiger partial charge in [0.2, 0.25) is 5.91 Å². The number of carbonyl (C=O) groups excluding carboxylic acids is 2. The maximum Gasteiger partial charge on any atom is 0.352 e. The first kappa shape index (κ1) is 21.5. The summed E-state index contributed by atoms with van der Waals surface area (Å²) in [6.07, 6.45) is 0. The zero-order chi connectivity index (χ0) is 22.0. The number of carbonyl (C=O) groups is 3. The molecule has 2 heterocycles. The van der Waals surface area contributed by atoms with E-state index in [9.17, 15) is 19.5 Å². The van der Waals surface area contributed by atoms with Crippen molar-refractivity contribution in [3.8, 4) is 0 Å². The fraction of sp³-hybridized carbons (Fsp3) is 0.227. The second-order valence-corrected chi connectivity index (χ2v) is 9.30. The maximum absolute atomic E-state index is 12.8. The summed E-state index contributed by atoms with van der Waals surface area (Å²) in [6.45, 7) is 0. The highest BCUT2D eigenvalue weighted by molar-refractivity contribution is 8.01. The summed E-state index contributed by atoms with van der Waals surface area (Å²) in [5.41, 5.74) is 7.39. The number of benzene rings is 2. The van der Waals surface area contributed by atoms with E-state index < -0.39 is 35.2 Å². The van der Waals surface area contributed by atoms with Crippen molar-refractivity contribution in [1.29, 1.82) is 0 Å². The molecule has 3 atom stereocenters. The number of nitrogens with two attached hydrogens (primary N) is 1. The molecule has 0 aliphatic carbocycles. The molecule has 2 aliphatic rings. The third kappa shape index (κ3) is 4.34. The molecule has 4 N–H and O–H groups in total. The lowest BCUT2D eigenvalue weighted by Gasteiger charge is -2.49. The largest absolute Gasteiger partial charge is 0.477 e. The Hall–Kier alpha value is -2.75. The Kier molecular flexibility index (Phi) is 6.35. The predicted molar refractivity (Wildman–Crippen MR) is 120 cm³/mol. The Morgan fingerprint density at radius 1 is 1.16 bits per heavy atom. The number of nitrogens with zero attached hydrogens (tertiary/aromatic N) is 1. The van der Waals surface area contributed by atoms with Crippen LogP contribution in [0.15, 0.2) is 76.8 Å². The zero-order valence-electron chi connectivity index (χ0n) is 16.4. The SMILES string of the molecule is N[C@@H](C(=O)N[C@@H]1C(=O)N2C(C(=O)O)=C(CSc3ccccc3)CSC12)c1ccccc1. The molecule has 2 aliphatic heterocycles. The lowest BCUT2D eigenvalue weighted by molar-refractivity contribution is -0.150. The van der Waals surface area contributed by atoms with Crippen LogP contribution in [0.2, 0.25) is 0 Å². The normalized spacial score (nSPS) is 21.2. The van der Waals surface area contributed by atoms with E-state index in [2.05, 4.69) is 5.32 Å². The number of aliphatic carboxylic acids is 1. The Bertz CT molecular complexity index is 1030. The molecule has 0 aromatic heterocycles. The van der Waals surface area contributed by atoms with Gasteiger partial charge in [-0.05, 0) is 23.3 Å². The van der Waals surface area contributed by atoms with Crippen LogP contribution < -0.4 is 11.1 Å². The van der Waals surface area contributed by atoms with E-state index in [4.69, 9.17) is 5.73 Å². The number of carboxylic acid groups (broad SMARTS) is 1. The highest BCUT2D eigenvalue weighted by Gasteiger charge is 2.54. The van der Waals surface area contributed by atoms with Crippen molar-refractivity contribution in [3.05, 3.63) is 77.5 Å². The van der Waals surface area contributed by atoms with Gasteiger partial charge in [-0.15, -0.1) is 23.5 Å². The third-order valence-electron chi connectivity index (χ3n) is 5.15. The van der Waals surface area contributed by atoms with Crippen LogP contribution in [0.4, 0.5) is 0 Å². The number of hydrogen-bond donors (Lipinski definition) is 3. The van der Waals surface area contributed by atoms with Crippen LogP contribution in [0.5, 0.6) is 0 Å².